The highest BCUT2D eigenvalue weighted by molar-refractivity contribution is 9.10. The van der Waals surface area contributed by atoms with Gasteiger partial charge in [0.05, 0.1) is 0 Å². The summed E-state index contributed by atoms with van der Waals surface area (Å²) >= 11 is 4.01. The van der Waals surface area contributed by atoms with E-state index in [0.717, 1.165) is 21.5 Å². The summed E-state index contributed by atoms with van der Waals surface area (Å²) in [6.45, 7) is 14.5. The maximum absolute atomic E-state index is 4.01. The van der Waals surface area contributed by atoms with E-state index >= 15 is 0 Å². The molecule has 0 saturated heterocycles. The van der Waals surface area contributed by atoms with Crippen molar-refractivity contribution in [1.82, 2.24) is 0 Å². The molecule has 1 aliphatic carbocycles. The Morgan fingerprint density at radius 3 is 1.32 bits per heavy atom. The number of anilines is 3. The van der Waals surface area contributed by atoms with Gasteiger partial charge in [0.15, 0.2) is 0 Å². The molecule has 0 radical (unpaired) electrons. The van der Waals surface area contributed by atoms with Crippen molar-refractivity contribution in [2.45, 2.75) is 52.4 Å². The van der Waals surface area contributed by atoms with Crippen LogP contribution in [-0.4, -0.2) is 0 Å². The van der Waals surface area contributed by atoms with Crippen molar-refractivity contribution in [1.29, 1.82) is 0 Å². The van der Waals surface area contributed by atoms with Gasteiger partial charge >= 0.3 is 0 Å². The monoisotopic (exact) mass is 675 g/mol. The van der Waals surface area contributed by atoms with Crippen LogP contribution in [0.4, 0.5) is 17.1 Å². The number of benzene rings is 6. The van der Waals surface area contributed by atoms with Crippen molar-refractivity contribution < 1.29 is 0 Å². The van der Waals surface area contributed by atoms with Crippen molar-refractivity contribution in [2.75, 3.05) is 4.90 Å². The average Bonchev–Trinajstić information content (AvgIpc) is 3.19. The molecular weight excluding hydrogens is 634 g/mol. The molecular formula is C45H42BrN. The lowest BCUT2D eigenvalue weighted by Gasteiger charge is -2.44. The number of rotatable bonds is 6. The van der Waals surface area contributed by atoms with Gasteiger partial charge in [0.1, 0.15) is 0 Å². The summed E-state index contributed by atoms with van der Waals surface area (Å²) in [7, 11) is 0. The summed E-state index contributed by atoms with van der Waals surface area (Å²) < 4.78 is 1.14. The number of fused-ring (bicyclic) bond motifs is 1. The predicted molar refractivity (Wildman–Crippen MR) is 205 cm³/mol. The Morgan fingerprint density at radius 2 is 0.830 bits per heavy atom. The Balaban J connectivity index is 1.33. The highest BCUT2D eigenvalue weighted by Crippen LogP contribution is 2.62. The Hall–Kier alpha value is -4.40. The topological polar surface area (TPSA) is 3.24 Å². The summed E-state index contributed by atoms with van der Waals surface area (Å²) in [4.78, 5) is 2.37. The molecule has 0 aromatic heterocycles. The summed E-state index contributed by atoms with van der Waals surface area (Å²) in [6, 6.07) is 52.8. The van der Waals surface area contributed by atoms with E-state index < -0.39 is 0 Å². The maximum Gasteiger partial charge on any atom is 0.0467 e. The van der Waals surface area contributed by atoms with Crippen LogP contribution >= 0.6 is 15.9 Å². The minimum Gasteiger partial charge on any atom is -0.310 e. The van der Waals surface area contributed by atoms with E-state index in [1.807, 2.05) is 0 Å². The third-order valence-corrected chi connectivity index (χ3v) is 12.1. The van der Waals surface area contributed by atoms with Gasteiger partial charge in [-0.05, 0) is 109 Å². The molecule has 47 heavy (non-hydrogen) atoms. The van der Waals surface area contributed by atoms with Gasteiger partial charge in [0, 0.05) is 21.5 Å². The second-order valence-electron chi connectivity index (χ2n) is 14.5. The fourth-order valence-electron chi connectivity index (χ4n) is 7.41. The molecule has 0 aliphatic heterocycles. The van der Waals surface area contributed by atoms with Crippen molar-refractivity contribution in [3.63, 3.8) is 0 Å². The van der Waals surface area contributed by atoms with Crippen LogP contribution in [0.3, 0.4) is 0 Å². The van der Waals surface area contributed by atoms with Crippen LogP contribution < -0.4 is 4.90 Å². The van der Waals surface area contributed by atoms with E-state index in [2.05, 4.69) is 208 Å². The Morgan fingerprint density at radius 1 is 0.404 bits per heavy atom. The molecule has 0 N–H and O–H groups in total. The summed E-state index contributed by atoms with van der Waals surface area (Å²) in [5, 5.41) is 0. The molecule has 6 aromatic rings. The molecule has 0 spiro atoms. The van der Waals surface area contributed by atoms with Crippen LogP contribution in [0.1, 0.15) is 52.7 Å². The van der Waals surface area contributed by atoms with Gasteiger partial charge in [-0.25, -0.2) is 0 Å². The van der Waals surface area contributed by atoms with Crippen LogP contribution in [0.25, 0.3) is 33.4 Å². The van der Waals surface area contributed by atoms with Gasteiger partial charge in [-0.2, -0.15) is 0 Å². The normalized spacial score (nSPS) is 15.6. The van der Waals surface area contributed by atoms with Gasteiger partial charge in [-0.1, -0.05) is 155 Å². The van der Waals surface area contributed by atoms with E-state index in [9.17, 15) is 0 Å². The number of halogens is 1. The molecule has 0 saturated carbocycles. The van der Waals surface area contributed by atoms with E-state index in [4.69, 9.17) is 0 Å². The standard InChI is InChI=1S/C45H42BrN/c1-43(2)40-29-39(42(46)30-41(40)44(3,4)45(43,5)6)35-18-13-19-38(28-35)47(36-24-20-33(21-25-36)31-14-9-7-10-15-31)37-26-22-34(23-27-37)32-16-11-8-12-17-32/h7-30H,1-6H3. The average molecular weight is 677 g/mol. The molecule has 1 nitrogen and oxygen atoms in total. The quantitative estimate of drug-likeness (QED) is 0.170. The van der Waals surface area contributed by atoms with Crippen LogP contribution in [0.5, 0.6) is 0 Å². The first-order chi connectivity index (χ1) is 22.5. The van der Waals surface area contributed by atoms with Crippen molar-refractivity contribution in [3.05, 3.63) is 161 Å². The first-order valence-corrected chi connectivity index (χ1v) is 17.3. The summed E-state index contributed by atoms with van der Waals surface area (Å²) in [6.07, 6.45) is 0. The van der Waals surface area contributed by atoms with E-state index in [0.29, 0.717) is 0 Å². The zero-order chi connectivity index (χ0) is 33.0. The molecule has 0 bridgehead atoms. The van der Waals surface area contributed by atoms with Crippen molar-refractivity contribution in [2.24, 2.45) is 5.41 Å². The lowest BCUT2D eigenvalue weighted by molar-refractivity contribution is 0.125. The summed E-state index contributed by atoms with van der Waals surface area (Å²) in [5.41, 5.74) is 13.7. The predicted octanol–water partition coefficient (Wildman–Crippen LogP) is 13.5. The third kappa shape index (κ3) is 5.24. The van der Waals surface area contributed by atoms with Crippen molar-refractivity contribution in [3.8, 4) is 33.4 Å². The second kappa shape index (κ2) is 11.7. The minimum absolute atomic E-state index is 0.0337. The van der Waals surface area contributed by atoms with E-state index in [1.165, 1.54) is 44.5 Å². The van der Waals surface area contributed by atoms with Gasteiger partial charge in [0.25, 0.3) is 0 Å². The molecule has 6 aromatic carbocycles. The first-order valence-electron chi connectivity index (χ1n) is 16.5. The fourth-order valence-corrected chi connectivity index (χ4v) is 7.98. The van der Waals surface area contributed by atoms with Gasteiger partial charge in [-0.3, -0.25) is 0 Å². The SMILES string of the molecule is CC1(C)c2cc(Br)c(-c3cccc(N(c4ccc(-c5ccccc5)cc4)c4ccc(-c5ccccc5)cc4)c3)cc2C(C)(C)C1(C)C. The third-order valence-electron chi connectivity index (χ3n) is 11.5. The lowest BCUT2D eigenvalue weighted by Crippen LogP contribution is -2.42. The molecule has 234 valence electrons. The largest absolute Gasteiger partial charge is 0.310 e. The number of hydrogen-bond donors (Lipinski definition) is 0. The molecule has 0 fully saturated rings. The van der Waals surface area contributed by atoms with Crippen LogP contribution in [-0.2, 0) is 10.8 Å². The number of hydrogen-bond acceptors (Lipinski definition) is 1. The molecule has 2 heteroatoms. The Bertz CT molecular complexity index is 1950. The Kier molecular flexibility index (Phi) is 7.76. The van der Waals surface area contributed by atoms with E-state index in [1.54, 1.807) is 0 Å². The maximum atomic E-state index is 4.01. The van der Waals surface area contributed by atoms with Crippen molar-refractivity contribution >= 4 is 33.0 Å². The van der Waals surface area contributed by atoms with Crippen LogP contribution in [0, 0.1) is 5.41 Å². The molecule has 0 heterocycles. The highest BCUT2D eigenvalue weighted by atomic mass is 79.9. The van der Waals surface area contributed by atoms with Crippen LogP contribution in [0.15, 0.2) is 150 Å². The zero-order valence-electron chi connectivity index (χ0n) is 28.2. The summed E-state index contributed by atoms with van der Waals surface area (Å²) in [5.74, 6) is 0. The first kappa shape index (κ1) is 31.2. The van der Waals surface area contributed by atoms with Gasteiger partial charge in [0.2, 0.25) is 0 Å². The molecule has 1 aliphatic rings. The minimum atomic E-state index is 0.0337. The zero-order valence-corrected chi connectivity index (χ0v) is 29.8. The molecule has 7 rings (SSSR count). The van der Waals surface area contributed by atoms with Gasteiger partial charge in [-0.15, -0.1) is 0 Å². The molecule has 0 amide bonds. The van der Waals surface area contributed by atoms with E-state index in [-0.39, 0.29) is 16.2 Å². The van der Waals surface area contributed by atoms with Gasteiger partial charge < -0.3 is 4.90 Å². The van der Waals surface area contributed by atoms with Crippen LogP contribution in [0.2, 0.25) is 0 Å². The smallest absolute Gasteiger partial charge is 0.0467 e. The lowest BCUT2D eigenvalue weighted by atomic mass is 9.59. The highest BCUT2D eigenvalue weighted by Gasteiger charge is 2.56. The molecule has 0 unspecified atom stereocenters. The molecule has 0 atom stereocenters. The fraction of sp³-hybridized carbons (Fsp3) is 0.200. The number of nitrogens with zero attached hydrogens (tertiary/aromatic N) is 1. The second-order valence-corrected chi connectivity index (χ2v) is 15.3. The Labute approximate surface area is 289 Å².